The van der Waals surface area contributed by atoms with Crippen molar-refractivity contribution in [1.82, 2.24) is 4.98 Å². The normalized spacial score (nSPS) is 10.5. The van der Waals surface area contributed by atoms with E-state index in [1.54, 1.807) is 0 Å². The minimum Gasteiger partial charge on any atom is -0.326 e. The van der Waals surface area contributed by atoms with Crippen LogP contribution >= 0.6 is 0 Å². The molecule has 1 heterocycles. The van der Waals surface area contributed by atoms with E-state index in [4.69, 9.17) is 5.73 Å². The maximum absolute atomic E-state index is 5.62. The Kier molecular flexibility index (Phi) is 3.89. The SMILES string of the molecule is CCCc1ccc(-c2cncc(CN)c2)cc1. The number of hydrogen-bond acceptors (Lipinski definition) is 2. The molecule has 0 fully saturated rings. The summed E-state index contributed by atoms with van der Waals surface area (Å²) in [6.45, 7) is 2.73. The molecule has 0 saturated heterocycles. The summed E-state index contributed by atoms with van der Waals surface area (Å²) < 4.78 is 0. The highest BCUT2D eigenvalue weighted by atomic mass is 14.6. The fourth-order valence-corrected chi connectivity index (χ4v) is 1.91. The van der Waals surface area contributed by atoms with Crippen molar-refractivity contribution in [2.75, 3.05) is 0 Å². The Hall–Kier alpha value is -1.67. The standard InChI is InChI=1S/C15H18N2/c1-2-3-12-4-6-14(7-5-12)15-8-13(9-16)10-17-11-15/h4-8,10-11H,2-3,9,16H2,1H3. The molecule has 17 heavy (non-hydrogen) atoms. The lowest BCUT2D eigenvalue weighted by Crippen LogP contribution is -1.97. The number of aryl methyl sites for hydroxylation is 1. The summed E-state index contributed by atoms with van der Waals surface area (Å²) in [5, 5.41) is 0. The molecule has 0 atom stereocenters. The topological polar surface area (TPSA) is 38.9 Å². The second kappa shape index (κ2) is 5.60. The molecule has 2 N–H and O–H groups in total. The lowest BCUT2D eigenvalue weighted by atomic mass is 10.0. The predicted molar refractivity (Wildman–Crippen MR) is 71.6 cm³/mol. The summed E-state index contributed by atoms with van der Waals surface area (Å²) in [5.41, 5.74) is 10.4. The van der Waals surface area contributed by atoms with Gasteiger partial charge < -0.3 is 5.73 Å². The zero-order valence-electron chi connectivity index (χ0n) is 10.2. The zero-order valence-corrected chi connectivity index (χ0v) is 10.2. The first-order valence-electron chi connectivity index (χ1n) is 6.06. The van der Waals surface area contributed by atoms with E-state index in [2.05, 4.69) is 42.2 Å². The molecule has 0 aliphatic rings. The van der Waals surface area contributed by atoms with E-state index in [0.717, 1.165) is 17.5 Å². The first-order valence-corrected chi connectivity index (χ1v) is 6.06. The van der Waals surface area contributed by atoms with Crippen LogP contribution < -0.4 is 5.73 Å². The van der Waals surface area contributed by atoms with E-state index in [-0.39, 0.29) is 0 Å². The average molecular weight is 226 g/mol. The number of pyridine rings is 1. The van der Waals surface area contributed by atoms with Crippen LogP contribution in [-0.4, -0.2) is 4.98 Å². The van der Waals surface area contributed by atoms with Crippen molar-refractivity contribution in [2.45, 2.75) is 26.3 Å². The van der Waals surface area contributed by atoms with Gasteiger partial charge in [0.2, 0.25) is 0 Å². The minimum atomic E-state index is 0.536. The Morgan fingerprint density at radius 2 is 1.76 bits per heavy atom. The third-order valence-corrected chi connectivity index (χ3v) is 2.86. The molecule has 0 aliphatic heterocycles. The Balaban J connectivity index is 2.26. The van der Waals surface area contributed by atoms with Gasteiger partial charge >= 0.3 is 0 Å². The van der Waals surface area contributed by atoms with Crippen molar-refractivity contribution >= 4 is 0 Å². The Morgan fingerprint density at radius 1 is 1.00 bits per heavy atom. The summed E-state index contributed by atoms with van der Waals surface area (Å²) in [5.74, 6) is 0. The molecule has 2 nitrogen and oxygen atoms in total. The Morgan fingerprint density at radius 3 is 2.41 bits per heavy atom. The Labute approximate surface area is 103 Å². The number of hydrogen-bond donors (Lipinski definition) is 1. The van der Waals surface area contributed by atoms with Crippen molar-refractivity contribution in [3.05, 3.63) is 53.9 Å². The van der Waals surface area contributed by atoms with Gasteiger partial charge in [-0.2, -0.15) is 0 Å². The largest absolute Gasteiger partial charge is 0.326 e. The van der Waals surface area contributed by atoms with Crippen LogP contribution in [0.2, 0.25) is 0 Å². The van der Waals surface area contributed by atoms with Crippen LogP contribution in [0.4, 0.5) is 0 Å². The Bertz CT molecular complexity index is 475. The molecule has 0 unspecified atom stereocenters. The minimum absolute atomic E-state index is 0.536. The lowest BCUT2D eigenvalue weighted by molar-refractivity contribution is 0.922. The van der Waals surface area contributed by atoms with Gasteiger partial charge in [-0.25, -0.2) is 0 Å². The van der Waals surface area contributed by atoms with Crippen molar-refractivity contribution in [2.24, 2.45) is 5.73 Å². The van der Waals surface area contributed by atoms with Gasteiger partial charge in [-0.15, -0.1) is 0 Å². The molecular weight excluding hydrogens is 208 g/mol. The van der Waals surface area contributed by atoms with Crippen molar-refractivity contribution in [1.29, 1.82) is 0 Å². The molecule has 0 saturated carbocycles. The molecule has 88 valence electrons. The summed E-state index contributed by atoms with van der Waals surface area (Å²) in [6, 6.07) is 10.8. The van der Waals surface area contributed by atoms with Gasteiger partial charge in [0.15, 0.2) is 0 Å². The van der Waals surface area contributed by atoms with Crippen molar-refractivity contribution in [3.8, 4) is 11.1 Å². The van der Waals surface area contributed by atoms with E-state index < -0.39 is 0 Å². The summed E-state index contributed by atoms with van der Waals surface area (Å²) >= 11 is 0. The summed E-state index contributed by atoms with van der Waals surface area (Å²) in [7, 11) is 0. The van der Waals surface area contributed by atoms with Crippen LogP contribution in [-0.2, 0) is 13.0 Å². The van der Waals surface area contributed by atoms with Crippen LogP contribution in [0.1, 0.15) is 24.5 Å². The molecule has 2 aromatic rings. The zero-order chi connectivity index (χ0) is 12.1. The average Bonchev–Trinajstić information content (AvgIpc) is 2.40. The van der Waals surface area contributed by atoms with Crippen LogP contribution in [0.3, 0.4) is 0 Å². The van der Waals surface area contributed by atoms with Crippen LogP contribution in [0.5, 0.6) is 0 Å². The van der Waals surface area contributed by atoms with Gasteiger partial charge in [-0.1, -0.05) is 37.6 Å². The lowest BCUT2D eigenvalue weighted by Gasteiger charge is -2.05. The highest BCUT2D eigenvalue weighted by molar-refractivity contribution is 5.63. The van der Waals surface area contributed by atoms with Crippen molar-refractivity contribution < 1.29 is 0 Å². The number of aromatic nitrogens is 1. The van der Waals surface area contributed by atoms with Gasteiger partial charge in [0.25, 0.3) is 0 Å². The molecule has 1 aromatic heterocycles. The number of rotatable bonds is 4. The summed E-state index contributed by atoms with van der Waals surface area (Å²) in [6.07, 6.45) is 6.02. The number of nitrogens with two attached hydrogens (primary N) is 1. The van der Waals surface area contributed by atoms with Gasteiger partial charge in [-0.3, -0.25) is 4.98 Å². The van der Waals surface area contributed by atoms with E-state index in [0.29, 0.717) is 6.54 Å². The van der Waals surface area contributed by atoms with Crippen molar-refractivity contribution in [3.63, 3.8) is 0 Å². The smallest absolute Gasteiger partial charge is 0.0346 e. The highest BCUT2D eigenvalue weighted by Crippen LogP contribution is 2.20. The quantitative estimate of drug-likeness (QED) is 0.869. The second-order valence-electron chi connectivity index (χ2n) is 4.23. The summed E-state index contributed by atoms with van der Waals surface area (Å²) in [4.78, 5) is 4.21. The number of benzene rings is 1. The van der Waals surface area contributed by atoms with E-state index in [1.165, 1.54) is 17.5 Å². The van der Waals surface area contributed by atoms with E-state index >= 15 is 0 Å². The molecule has 2 rings (SSSR count). The van der Waals surface area contributed by atoms with Gasteiger partial charge in [0.1, 0.15) is 0 Å². The fourth-order valence-electron chi connectivity index (χ4n) is 1.91. The molecule has 0 aliphatic carbocycles. The van der Waals surface area contributed by atoms with E-state index in [9.17, 15) is 0 Å². The number of nitrogens with zero attached hydrogens (tertiary/aromatic N) is 1. The third-order valence-electron chi connectivity index (χ3n) is 2.86. The van der Waals surface area contributed by atoms with Crippen LogP contribution in [0.15, 0.2) is 42.7 Å². The second-order valence-corrected chi connectivity index (χ2v) is 4.23. The maximum Gasteiger partial charge on any atom is 0.0346 e. The van der Waals surface area contributed by atoms with Gasteiger partial charge in [0, 0.05) is 24.5 Å². The first-order chi connectivity index (χ1) is 8.33. The molecule has 0 bridgehead atoms. The van der Waals surface area contributed by atoms with Crippen LogP contribution in [0.25, 0.3) is 11.1 Å². The monoisotopic (exact) mass is 226 g/mol. The molecule has 0 spiro atoms. The highest BCUT2D eigenvalue weighted by Gasteiger charge is 1.99. The third kappa shape index (κ3) is 2.92. The first kappa shape index (κ1) is 11.8. The molecule has 2 heteroatoms. The maximum atomic E-state index is 5.62. The van der Waals surface area contributed by atoms with E-state index in [1.807, 2.05) is 12.4 Å². The molecule has 1 aromatic carbocycles. The molecule has 0 amide bonds. The predicted octanol–water partition coefficient (Wildman–Crippen LogP) is 3.16. The van der Waals surface area contributed by atoms with Gasteiger partial charge in [-0.05, 0) is 29.2 Å². The molecular formula is C15H18N2. The van der Waals surface area contributed by atoms with Gasteiger partial charge in [0.05, 0.1) is 0 Å². The molecule has 0 radical (unpaired) electrons. The fraction of sp³-hybridized carbons (Fsp3) is 0.267. The van der Waals surface area contributed by atoms with Crippen LogP contribution in [0, 0.1) is 0 Å².